The molecule has 0 saturated carbocycles. The van der Waals surface area contributed by atoms with Gasteiger partial charge in [0.05, 0.1) is 11.7 Å². The number of hydrogen-bond acceptors (Lipinski definition) is 6. The molecule has 0 unspecified atom stereocenters. The number of rotatable bonds is 7. The fourth-order valence-corrected chi connectivity index (χ4v) is 7.27. The molecule has 1 atom stereocenters. The van der Waals surface area contributed by atoms with E-state index in [1.54, 1.807) is 36.4 Å². The molecule has 5 rings (SSSR count). The summed E-state index contributed by atoms with van der Waals surface area (Å²) >= 11 is 13.3. The zero-order chi connectivity index (χ0) is 32.1. The quantitative estimate of drug-likeness (QED) is 0.133. The van der Waals surface area contributed by atoms with Crippen LogP contribution in [0.1, 0.15) is 22.0 Å². The van der Waals surface area contributed by atoms with Crippen molar-refractivity contribution in [3.63, 3.8) is 0 Å². The summed E-state index contributed by atoms with van der Waals surface area (Å²) in [6.45, 7) is 0. The maximum Gasteiger partial charge on any atom is 0.430 e. The van der Waals surface area contributed by atoms with Crippen LogP contribution < -0.4 is 4.72 Å². The number of nitrogens with zero attached hydrogens (tertiary/aromatic N) is 2. The molecule has 3 aromatic heterocycles. The molecule has 0 radical (unpaired) electrons. The average molecular weight is 692 g/mol. The predicted molar refractivity (Wildman–Crippen MR) is 154 cm³/mol. The molecular weight excluding hydrogens is 675 g/mol. The highest BCUT2D eigenvalue weighted by atomic mass is 35.5. The Morgan fingerprint density at radius 2 is 1.57 bits per heavy atom. The van der Waals surface area contributed by atoms with Gasteiger partial charge in [-0.2, -0.15) is 31.1 Å². The SMILES string of the molecule is O=S(=O)(N[C@@H](c1cc2cccc(-c3cc(C(O)(C(F)(F)F)C(F)(F)F)ccn3)c2s1)c1ccccc1Cl)c1ccc(Cl)nc1. The highest BCUT2D eigenvalue weighted by Gasteiger charge is 2.71. The van der Waals surface area contributed by atoms with E-state index in [0.717, 1.165) is 23.7 Å². The lowest BCUT2D eigenvalue weighted by Gasteiger charge is -2.32. The largest absolute Gasteiger partial charge is 0.430 e. The van der Waals surface area contributed by atoms with Gasteiger partial charge in [0, 0.05) is 38.1 Å². The number of fused-ring (bicyclic) bond motifs is 1. The zero-order valence-electron chi connectivity index (χ0n) is 21.7. The van der Waals surface area contributed by atoms with Gasteiger partial charge in [0.1, 0.15) is 10.0 Å². The van der Waals surface area contributed by atoms with Crippen LogP contribution in [-0.2, 0) is 15.6 Å². The Kier molecular flexibility index (Phi) is 8.46. The third kappa shape index (κ3) is 5.89. The number of thiophene rings is 1. The summed E-state index contributed by atoms with van der Waals surface area (Å²) in [6.07, 6.45) is -10.4. The number of pyridine rings is 2. The minimum absolute atomic E-state index is 0.0743. The summed E-state index contributed by atoms with van der Waals surface area (Å²) < 4.78 is 111. The Morgan fingerprint density at radius 1 is 0.864 bits per heavy atom. The first-order valence-electron chi connectivity index (χ1n) is 12.3. The third-order valence-electron chi connectivity index (χ3n) is 6.62. The van der Waals surface area contributed by atoms with Crippen molar-refractivity contribution in [1.29, 1.82) is 0 Å². The molecule has 44 heavy (non-hydrogen) atoms. The second-order valence-electron chi connectivity index (χ2n) is 9.40. The number of hydrogen-bond donors (Lipinski definition) is 2. The van der Waals surface area contributed by atoms with Gasteiger partial charge in [-0.3, -0.25) is 4.98 Å². The number of halogens is 8. The normalized spacial score (nSPS) is 13.8. The maximum atomic E-state index is 13.6. The second kappa shape index (κ2) is 11.6. The first kappa shape index (κ1) is 32.1. The molecule has 0 aliphatic carbocycles. The lowest BCUT2D eigenvalue weighted by atomic mass is 9.91. The monoisotopic (exact) mass is 691 g/mol. The number of alkyl halides is 6. The molecule has 3 heterocycles. The lowest BCUT2D eigenvalue weighted by Crippen LogP contribution is -2.53. The van der Waals surface area contributed by atoms with Crippen LogP contribution in [0.4, 0.5) is 26.3 Å². The van der Waals surface area contributed by atoms with Gasteiger partial charge in [-0.25, -0.2) is 13.4 Å². The predicted octanol–water partition coefficient (Wildman–Crippen LogP) is 8.05. The summed E-state index contributed by atoms with van der Waals surface area (Å²) in [5, 5.41) is 10.7. The number of benzene rings is 2. The van der Waals surface area contributed by atoms with Crippen molar-refractivity contribution in [3.8, 4) is 11.3 Å². The van der Waals surface area contributed by atoms with Crippen molar-refractivity contribution in [3.05, 3.63) is 111 Å². The Bertz CT molecular complexity index is 1940. The first-order valence-corrected chi connectivity index (χ1v) is 15.3. The Hall–Kier alpha value is -3.27. The third-order valence-corrected chi connectivity index (χ3v) is 9.85. The van der Waals surface area contributed by atoms with Crippen molar-refractivity contribution in [2.24, 2.45) is 0 Å². The van der Waals surface area contributed by atoms with Crippen LogP contribution in [0.15, 0.2) is 90.1 Å². The fraction of sp³-hybridized carbons (Fsp3) is 0.143. The molecule has 230 valence electrons. The molecule has 0 bridgehead atoms. The Balaban J connectivity index is 1.65. The summed E-state index contributed by atoms with van der Waals surface area (Å²) in [5.41, 5.74) is -6.37. The minimum atomic E-state index is -6.08. The highest BCUT2D eigenvalue weighted by Crippen LogP contribution is 2.50. The van der Waals surface area contributed by atoms with Crippen molar-refractivity contribution in [1.82, 2.24) is 14.7 Å². The van der Waals surface area contributed by atoms with Gasteiger partial charge in [0.15, 0.2) is 0 Å². The second-order valence-corrected chi connectivity index (χ2v) is 13.0. The molecule has 16 heteroatoms. The van der Waals surface area contributed by atoms with E-state index in [1.807, 2.05) is 0 Å². The highest BCUT2D eigenvalue weighted by molar-refractivity contribution is 7.89. The Morgan fingerprint density at radius 3 is 2.20 bits per heavy atom. The van der Waals surface area contributed by atoms with Crippen LogP contribution in [0.25, 0.3) is 21.3 Å². The molecule has 0 spiro atoms. The molecule has 2 aromatic carbocycles. The van der Waals surface area contributed by atoms with Gasteiger partial charge in [-0.05, 0) is 47.3 Å². The van der Waals surface area contributed by atoms with Gasteiger partial charge >= 0.3 is 12.4 Å². The topological polar surface area (TPSA) is 92.2 Å². The molecule has 5 aromatic rings. The van der Waals surface area contributed by atoms with E-state index in [4.69, 9.17) is 23.2 Å². The summed E-state index contributed by atoms with van der Waals surface area (Å²) in [7, 11) is -4.22. The van der Waals surface area contributed by atoms with E-state index in [-0.39, 0.29) is 26.3 Å². The fourth-order valence-electron chi connectivity index (χ4n) is 4.45. The maximum absolute atomic E-state index is 13.6. The van der Waals surface area contributed by atoms with Gasteiger partial charge < -0.3 is 5.11 Å². The van der Waals surface area contributed by atoms with Gasteiger partial charge in [0.2, 0.25) is 10.0 Å². The summed E-state index contributed by atoms with van der Waals surface area (Å²) in [5.74, 6) is 0. The van der Waals surface area contributed by atoms with Crippen molar-refractivity contribution in [2.75, 3.05) is 0 Å². The molecule has 0 amide bonds. The molecule has 0 saturated heterocycles. The number of nitrogens with one attached hydrogen (secondary N) is 1. The van der Waals surface area contributed by atoms with Gasteiger partial charge in [-0.15, -0.1) is 11.3 Å². The Labute approximate surface area is 260 Å². The smallest absolute Gasteiger partial charge is 0.369 e. The molecule has 0 aliphatic rings. The summed E-state index contributed by atoms with van der Waals surface area (Å²) in [4.78, 5) is 7.99. The number of aromatic nitrogens is 2. The standard InChI is InChI=1S/C28H17Cl2F6N3O3S2/c29-20-7-2-1-5-18(20)24(39-44(41,42)17-8-9-23(30)38-14-17)22-12-15-4-3-6-19(25(15)43-22)21-13-16(10-11-37-21)26(40,27(31,32)33)28(34,35)36/h1-14,24,39-40H/t24-/m1/s1. The molecule has 0 aliphatic heterocycles. The van der Waals surface area contributed by atoms with E-state index in [9.17, 15) is 39.9 Å². The van der Waals surface area contributed by atoms with Crippen LogP contribution in [0.2, 0.25) is 10.2 Å². The van der Waals surface area contributed by atoms with Crippen LogP contribution >= 0.6 is 34.5 Å². The zero-order valence-corrected chi connectivity index (χ0v) is 24.8. The minimum Gasteiger partial charge on any atom is -0.369 e. The lowest BCUT2D eigenvalue weighted by molar-refractivity contribution is -0.376. The van der Waals surface area contributed by atoms with Gasteiger partial charge in [0.25, 0.3) is 5.60 Å². The van der Waals surface area contributed by atoms with Crippen LogP contribution in [0, 0.1) is 0 Å². The van der Waals surface area contributed by atoms with Crippen LogP contribution in [0.3, 0.4) is 0 Å². The first-order chi connectivity index (χ1) is 20.5. The van der Waals surface area contributed by atoms with E-state index < -0.39 is 39.6 Å². The average Bonchev–Trinajstić information content (AvgIpc) is 3.39. The van der Waals surface area contributed by atoms with E-state index in [1.165, 1.54) is 24.3 Å². The molecular formula is C28H17Cl2F6N3O3S2. The van der Waals surface area contributed by atoms with E-state index in [2.05, 4.69) is 14.7 Å². The van der Waals surface area contributed by atoms with Gasteiger partial charge in [-0.1, -0.05) is 59.6 Å². The van der Waals surface area contributed by atoms with E-state index in [0.29, 0.717) is 32.7 Å². The van der Waals surface area contributed by atoms with Crippen LogP contribution in [-0.4, -0.2) is 35.8 Å². The molecule has 0 fully saturated rings. The van der Waals surface area contributed by atoms with Crippen molar-refractivity contribution in [2.45, 2.75) is 28.9 Å². The molecule has 6 nitrogen and oxygen atoms in total. The number of aliphatic hydroxyl groups is 1. The number of sulfonamides is 1. The van der Waals surface area contributed by atoms with Crippen LogP contribution in [0.5, 0.6) is 0 Å². The summed E-state index contributed by atoms with van der Waals surface area (Å²) in [6, 6.07) is 15.1. The molecule has 2 N–H and O–H groups in total. The van der Waals surface area contributed by atoms with E-state index >= 15 is 0 Å². The van der Waals surface area contributed by atoms with Crippen molar-refractivity contribution < 1.29 is 39.9 Å². The van der Waals surface area contributed by atoms with Crippen molar-refractivity contribution >= 4 is 54.6 Å².